The van der Waals surface area contributed by atoms with Gasteiger partial charge in [-0.2, -0.15) is 10.5 Å². The maximum absolute atomic E-state index is 13.3. The molecule has 0 atom stereocenters. The van der Waals surface area contributed by atoms with E-state index in [9.17, 15) is 15.3 Å². The normalized spacial score (nSPS) is 11.4. The van der Waals surface area contributed by atoms with Gasteiger partial charge in [-0.15, -0.1) is 11.3 Å². The monoisotopic (exact) mass is 771 g/mol. The van der Waals surface area contributed by atoms with Crippen molar-refractivity contribution in [3.63, 3.8) is 0 Å². The number of benzene rings is 8. The molecule has 274 valence electrons. The number of thiophene rings is 1. The molecular formula is C53H29N3O2S. The molecule has 11 rings (SSSR count). The molecule has 0 fully saturated rings. The molecule has 0 aliphatic rings. The van der Waals surface area contributed by atoms with E-state index in [0.717, 1.165) is 27.9 Å². The molecule has 0 N–H and O–H groups in total. The predicted octanol–water partition coefficient (Wildman–Crippen LogP) is 13.7. The standard InChI is InChI=1S/C53H29N3O2S/c54-30-37-24-36(40-15-9-16-42-48(57)29-49(58-53(40)42)33-10-3-1-4-11-33)25-38(31-55)52(37)34-20-18-32(19-21-34)35-22-23-50-44(26-35)45-27-47-43(28-51(45)59-50)41-14-7-8-17-46(41)56(47)39-12-5-2-6-13-39/h1-29H. The average Bonchev–Trinajstić information content (AvgIpc) is 3.82. The van der Waals surface area contributed by atoms with E-state index in [4.69, 9.17) is 4.42 Å². The fraction of sp³-hybridized carbons (Fsp3) is 0. The second-order valence-corrected chi connectivity index (χ2v) is 15.7. The van der Waals surface area contributed by atoms with Gasteiger partial charge in [-0.1, -0.05) is 109 Å². The van der Waals surface area contributed by atoms with Crippen LogP contribution in [0.3, 0.4) is 0 Å². The molecule has 3 aromatic heterocycles. The van der Waals surface area contributed by atoms with Gasteiger partial charge >= 0.3 is 0 Å². The zero-order valence-corrected chi connectivity index (χ0v) is 32.1. The third-order valence-corrected chi connectivity index (χ3v) is 12.4. The van der Waals surface area contributed by atoms with Crippen molar-refractivity contribution >= 4 is 64.3 Å². The van der Waals surface area contributed by atoms with E-state index in [2.05, 4.69) is 108 Å². The van der Waals surface area contributed by atoms with Crippen LogP contribution in [0.15, 0.2) is 185 Å². The summed E-state index contributed by atoms with van der Waals surface area (Å²) in [5.74, 6) is 0.448. The van der Waals surface area contributed by atoms with Crippen molar-refractivity contribution in [2.24, 2.45) is 0 Å². The largest absolute Gasteiger partial charge is 0.455 e. The second kappa shape index (κ2) is 13.6. The van der Waals surface area contributed by atoms with Crippen molar-refractivity contribution in [2.45, 2.75) is 0 Å². The van der Waals surface area contributed by atoms with E-state index in [1.807, 2.05) is 65.9 Å². The molecule has 8 aromatic carbocycles. The topological polar surface area (TPSA) is 82.7 Å². The first kappa shape index (κ1) is 34.2. The van der Waals surface area contributed by atoms with Crippen LogP contribution in [-0.2, 0) is 0 Å². The van der Waals surface area contributed by atoms with Gasteiger partial charge < -0.3 is 8.98 Å². The quantitative estimate of drug-likeness (QED) is 0.174. The van der Waals surface area contributed by atoms with Crippen LogP contribution in [0.1, 0.15) is 11.1 Å². The van der Waals surface area contributed by atoms with Gasteiger partial charge in [0.15, 0.2) is 5.43 Å². The smallest absolute Gasteiger partial charge is 0.193 e. The van der Waals surface area contributed by atoms with Crippen LogP contribution in [0.25, 0.3) is 103 Å². The summed E-state index contributed by atoms with van der Waals surface area (Å²) < 4.78 is 11.2. The lowest BCUT2D eigenvalue weighted by Gasteiger charge is -2.13. The molecule has 0 spiro atoms. The summed E-state index contributed by atoms with van der Waals surface area (Å²) in [6.07, 6.45) is 0. The minimum atomic E-state index is -0.166. The van der Waals surface area contributed by atoms with Crippen molar-refractivity contribution in [3.8, 4) is 62.5 Å². The van der Waals surface area contributed by atoms with Crippen LogP contribution in [0.4, 0.5) is 0 Å². The molecule has 0 aliphatic carbocycles. The Morgan fingerprint density at radius 3 is 1.90 bits per heavy atom. The Bertz CT molecular complexity index is 3610. The van der Waals surface area contributed by atoms with Gasteiger partial charge in [-0.25, -0.2) is 0 Å². The third-order valence-electron chi connectivity index (χ3n) is 11.3. The van der Waals surface area contributed by atoms with Crippen molar-refractivity contribution in [3.05, 3.63) is 197 Å². The lowest BCUT2D eigenvalue weighted by molar-refractivity contribution is 0.620. The number of nitriles is 2. The number of fused-ring (bicyclic) bond motifs is 7. The molecule has 0 aliphatic heterocycles. The predicted molar refractivity (Wildman–Crippen MR) is 241 cm³/mol. The molecule has 6 heteroatoms. The zero-order valence-electron chi connectivity index (χ0n) is 31.3. The van der Waals surface area contributed by atoms with E-state index in [1.54, 1.807) is 24.3 Å². The molecule has 0 radical (unpaired) electrons. The summed E-state index contributed by atoms with van der Waals surface area (Å²) >= 11 is 1.81. The fourth-order valence-electron chi connectivity index (χ4n) is 8.54. The molecule has 3 heterocycles. The van der Waals surface area contributed by atoms with E-state index in [-0.39, 0.29) is 5.43 Å². The maximum atomic E-state index is 13.3. The van der Waals surface area contributed by atoms with Crippen LogP contribution in [0, 0.1) is 22.7 Å². The number of hydrogen-bond donors (Lipinski definition) is 0. The number of hydrogen-bond acceptors (Lipinski definition) is 5. The summed E-state index contributed by atoms with van der Waals surface area (Å²) in [5.41, 5.74) is 9.92. The van der Waals surface area contributed by atoms with Gasteiger partial charge in [-0.05, 0) is 82.9 Å². The van der Waals surface area contributed by atoms with Crippen LogP contribution in [0.2, 0.25) is 0 Å². The molecule has 0 amide bonds. The summed E-state index contributed by atoms with van der Waals surface area (Å²) in [5, 5.41) is 26.3. The average molecular weight is 772 g/mol. The highest BCUT2D eigenvalue weighted by Crippen LogP contribution is 2.42. The van der Waals surface area contributed by atoms with Gasteiger partial charge in [0.05, 0.1) is 39.7 Å². The van der Waals surface area contributed by atoms with Gasteiger partial charge in [0.25, 0.3) is 0 Å². The minimum Gasteiger partial charge on any atom is -0.455 e. The maximum Gasteiger partial charge on any atom is 0.193 e. The van der Waals surface area contributed by atoms with E-state index in [1.165, 1.54) is 48.0 Å². The van der Waals surface area contributed by atoms with Crippen LogP contribution < -0.4 is 5.43 Å². The second-order valence-electron chi connectivity index (χ2n) is 14.6. The van der Waals surface area contributed by atoms with Crippen LogP contribution >= 0.6 is 11.3 Å². The van der Waals surface area contributed by atoms with Crippen LogP contribution in [-0.4, -0.2) is 4.57 Å². The Hall–Kier alpha value is -8.03. The summed E-state index contributed by atoms with van der Waals surface area (Å²) in [6.45, 7) is 0. The third kappa shape index (κ3) is 5.55. The van der Waals surface area contributed by atoms with E-state index < -0.39 is 0 Å². The van der Waals surface area contributed by atoms with Gasteiger partial charge in [-0.3, -0.25) is 4.79 Å². The first-order chi connectivity index (χ1) is 29.1. The fourth-order valence-corrected chi connectivity index (χ4v) is 9.64. The Morgan fingerprint density at radius 1 is 0.475 bits per heavy atom. The Labute approximate surface area is 342 Å². The Kier molecular flexibility index (Phi) is 7.87. The number of rotatable bonds is 5. The number of para-hydroxylation sites is 3. The van der Waals surface area contributed by atoms with Crippen molar-refractivity contribution in [2.75, 3.05) is 0 Å². The highest BCUT2D eigenvalue weighted by atomic mass is 32.1. The van der Waals surface area contributed by atoms with Gasteiger partial charge in [0, 0.05) is 59.4 Å². The first-order valence-electron chi connectivity index (χ1n) is 19.2. The van der Waals surface area contributed by atoms with E-state index >= 15 is 0 Å². The molecular weight excluding hydrogens is 743 g/mol. The lowest BCUT2D eigenvalue weighted by atomic mass is 9.90. The Morgan fingerprint density at radius 2 is 1.14 bits per heavy atom. The molecule has 0 unspecified atom stereocenters. The molecule has 0 saturated heterocycles. The number of nitrogens with zero attached hydrogens (tertiary/aromatic N) is 3. The highest BCUT2D eigenvalue weighted by molar-refractivity contribution is 7.25. The summed E-state index contributed by atoms with van der Waals surface area (Å²) in [7, 11) is 0. The van der Waals surface area contributed by atoms with Crippen molar-refractivity contribution < 1.29 is 4.42 Å². The Balaban J connectivity index is 0.990. The first-order valence-corrected chi connectivity index (χ1v) is 20.0. The molecule has 5 nitrogen and oxygen atoms in total. The van der Waals surface area contributed by atoms with Gasteiger partial charge in [0.2, 0.25) is 0 Å². The van der Waals surface area contributed by atoms with Gasteiger partial charge in [0.1, 0.15) is 11.3 Å². The highest BCUT2D eigenvalue weighted by Gasteiger charge is 2.19. The molecule has 0 saturated carbocycles. The molecule has 0 bridgehead atoms. The SMILES string of the molecule is N#Cc1cc(-c2cccc3c(=O)cc(-c4ccccc4)oc23)cc(C#N)c1-c1ccc(-c2ccc3sc4cc5c6ccccc6n(-c6ccccc6)c5cc4c3c2)cc1. The lowest BCUT2D eigenvalue weighted by Crippen LogP contribution is -2.01. The zero-order chi connectivity index (χ0) is 39.6. The van der Waals surface area contributed by atoms with Crippen molar-refractivity contribution in [1.82, 2.24) is 4.57 Å². The van der Waals surface area contributed by atoms with Crippen molar-refractivity contribution in [1.29, 1.82) is 10.5 Å². The molecule has 11 aromatic rings. The van der Waals surface area contributed by atoms with Crippen LogP contribution in [0.5, 0.6) is 0 Å². The van der Waals surface area contributed by atoms with E-state index in [0.29, 0.717) is 44.5 Å². The molecule has 59 heavy (non-hydrogen) atoms. The summed E-state index contributed by atoms with van der Waals surface area (Å²) in [6, 6.07) is 63.1. The number of aromatic nitrogens is 1. The minimum absolute atomic E-state index is 0.166. The summed E-state index contributed by atoms with van der Waals surface area (Å²) in [4.78, 5) is 13.3.